The molecule has 4 rings (SSSR count). The largest absolute Gasteiger partial charge is 0.416 e. The van der Waals surface area contributed by atoms with Crippen molar-refractivity contribution in [1.29, 1.82) is 0 Å². The lowest BCUT2D eigenvalue weighted by Crippen LogP contribution is -2.14. The zero-order valence-electron chi connectivity index (χ0n) is 15.2. The van der Waals surface area contributed by atoms with E-state index in [1.165, 1.54) is 12.1 Å². The normalized spacial score (nSPS) is 11.5. The lowest BCUT2D eigenvalue weighted by Gasteiger charge is -2.09. The summed E-state index contributed by atoms with van der Waals surface area (Å²) in [6.45, 7) is 0. The number of halogens is 4. The highest BCUT2D eigenvalue weighted by Gasteiger charge is 2.30. The fraction of sp³-hybridized carbons (Fsp3) is 0.0455. The van der Waals surface area contributed by atoms with E-state index < -0.39 is 17.6 Å². The van der Waals surface area contributed by atoms with Gasteiger partial charge in [-0.1, -0.05) is 0 Å². The summed E-state index contributed by atoms with van der Waals surface area (Å²) >= 11 is 0. The van der Waals surface area contributed by atoms with Gasteiger partial charge in [0.25, 0.3) is 5.91 Å². The van der Waals surface area contributed by atoms with Gasteiger partial charge in [-0.25, -0.2) is 14.4 Å². The Labute approximate surface area is 168 Å². The minimum atomic E-state index is -4.47. The summed E-state index contributed by atoms with van der Waals surface area (Å²) < 4.78 is 51.1. The van der Waals surface area contributed by atoms with Crippen molar-refractivity contribution in [2.45, 2.75) is 6.18 Å². The molecule has 0 aliphatic carbocycles. The number of fused-ring (bicyclic) bond motifs is 1. The second-order valence-corrected chi connectivity index (χ2v) is 6.48. The van der Waals surface area contributed by atoms with Gasteiger partial charge in [-0.05, 0) is 72.8 Å². The molecule has 0 spiro atoms. The molecule has 0 atom stereocenters. The topological polar surface area (TPSA) is 54.9 Å². The second kappa shape index (κ2) is 7.55. The zero-order chi connectivity index (χ0) is 21.3. The molecule has 0 fully saturated rings. The van der Waals surface area contributed by atoms with Gasteiger partial charge < -0.3 is 5.32 Å². The zero-order valence-corrected chi connectivity index (χ0v) is 15.2. The van der Waals surface area contributed by atoms with Gasteiger partial charge in [-0.15, -0.1) is 0 Å². The van der Waals surface area contributed by atoms with Crippen LogP contribution in [0.5, 0.6) is 0 Å². The van der Waals surface area contributed by atoms with Crippen LogP contribution in [0.25, 0.3) is 22.3 Å². The lowest BCUT2D eigenvalue weighted by molar-refractivity contribution is -0.137. The van der Waals surface area contributed by atoms with Gasteiger partial charge in [0.15, 0.2) is 5.65 Å². The molecule has 30 heavy (non-hydrogen) atoms. The first-order valence-corrected chi connectivity index (χ1v) is 8.82. The summed E-state index contributed by atoms with van der Waals surface area (Å²) in [6, 6.07) is 16.6. The van der Waals surface area contributed by atoms with Gasteiger partial charge in [0.1, 0.15) is 11.6 Å². The number of carbonyl (C=O) groups excluding carboxylic acids is 1. The molecular formula is C22H13F4N3O. The van der Waals surface area contributed by atoms with E-state index in [9.17, 15) is 22.4 Å². The minimum absolute atomic E-state index is 0.0675. The summed E-state index contributed by atoms with van der Waals surface area (Å²) in [6.07, 6.45) is -4.47. The maximum absolute atomic E-state index is 13.1. The van der Waals surface area contributed by atoms with E-state index in [1.54, 1.807) is 36.4 Å². The first-order valence-electron chi connectivity index (χ1n) is 8.82. The number of benzene rings is 2. The SMILES string of the molecule is O=C(Nc1ccc2ccc(-c3ccc(F)cc3)nc2n1)c1ccc(C(F)(F)F)cc1. The number of aromatic nitrogens is 2. The highest BCUT2D eigenvalue weighted by atomic mass is 19.4. The third-order valence-electron chi connectivity index (χ3n) is 4.41. The average molecular weight is 411 g/mol. The van der Waals surface area contributed by atoms with Crippen molar-refractivity contribution in [3.63, 3.8) is 0 Å². The molecule has 2 aromatic carbocycles. The molecule has 0 bridgehead atoms. The number of nitrogens with zero attached hydrogens (tertiary/aromatic N) is 2. The summed E-state index contributed by atoms with van der Waals surface area (Å²) in [5.41, 5.74) is 0.890. The van der Waals surface area contributed by atoms with Crippen molar-refractivity contribution < 1.29 is 22.4 Å². The van der Waals surface area contributed by atoms with Crippen molar-refractivity contribution in [2.24, 2.45) is 0 Å². The van der Waals surface area contributed by atoms with Crippen LogP contribution >= 0.6 is 0 Å². The molecule has 0 aliphatic heterocycles. The Morgan fingerprint density at radius 2 is 1.47 bits per heavy atom. The number of amides is 1. The van der Waals surface area contributed by atoms with Crippen molar-refractivity contribution in [2.75, 3.05) is 5.32 Å². The first kappa shape index (κ1) is 19.5. The molecule has 0 aliphatic rings. The maximum Gasteiger partial charge on any atom is 0.416 e. The molecule has 150 valence electrons. The number of anilines is 1. The van der Waals surface area contributed by atoms with Crippen LogP contribution in [0.3, 0.4) is 0 Å². The van der Waals surface area contributed by atoms with Gasteiger partial charge in [0.2, 0.25) is 0 Å². The van der Waals surface area contributed by atoms with Crippen molar-refractivity contribution in [3.8, 4) is 11.3 Å². The molecule has 0 saturated carbocycles. The quantitative estimate of drug-likeness (QED) is 0.440. The van der Waals surface area contributed by atoms with E-state index in [1.807, 2.05) is 0 Å². The third-order valence-corrected chi connectivity index (χ3v) is 4.41. The highest BCUT2D eigenvalue weighted by Crippen LogP contribution is 2.29. The minimum Gasteiger partial charge on any atom is -0.306 e. The average Bonchev–Trinajstić information content (AvgIpc) is 2.73. The Hall–Kier alpha value is -3.81. The smallest absolute Gasteiger partial charge is 0.306 e. The van der Waals surface area contributed by atoms with E-state index in [-0.39, 0.29) is 17.2 Å². The first-order chi connectivity index (χ1) is 14.3. The molecule has 8 heteroatoms. The number of rotatable bonds is 3. The molecule has 1 N–H and O–H groups in total. The highest BCUT2D eigenvalue weighted by molar-refractivity contribution is 6.04. The number of carbonyl (C=O) groups is 1. The molecule has 0 unspecified atom stereocenters. The Bertz CT molecular complexity index is 1220. The molecule has 4 nitrogen and oxygen atoms in total. The number of hydrogen-bond acceptors (Lipinski definition) is 3. The Balaban J connectivity index is 1.58. The predicted octanol–water partition coefficient (Wildman–Crippen LogP) is 5.71. The van der Waals surface area contributed by atoms with Crippen LogP contribution in [0.4, 0.5) is 23.4 Å². The molecular weight excluding hydrogens is 398 g/mol. The fourth-order valence-corrected chi connectivity index (χ4v) is 2.85. The van der Waals surface area contributed by atoms with Gasteiger partial charge in [-0.3, -0.25) is 4.79 Å². The number of alkyl halides is 3. The van der Waals surface area contributed by atoms with Crippen LogP contribution < -0.4 is 5.32 Å². The number of nitrogens with one attached hydrogen (secondary N) is 1. The third kappa shape index (κ3) is 4.12. The Morgan fingerprint density at radius 1 is 0.800 bits per heavy atom. The van der Waals surface area contributed by atoms with Gasteiger partial charge in [-0.2, -0.15) is 13.2 Å². The van der Waals surface area contributed by atoms with E-state index in [0.717, 1.165) is 29.7 Å². The monoisotopic (exact) mass is 411 g/mol. The van der Waals surface area contributed by atoms with E-state index in [4.69, 9.17) is 0 Å². The summed E-state index contributed by atoms with van der Waals surface area (Å²) in [5.74, 6) is -0.743. The number of hydrogen-bond donors (Lipinski definition) is 1. The van der Waals surface area contributed by atoms with E-state index >= 15 is 0 Å². The van der Waals surface area contributed by atoms with Crippen LogP contribution in [-0.4, -0.2) is 15.9 Å². The van der Waals surface area contributed by atoms with Crippen LogP contribution in [0.1, 0.15) is 15.9 Å². The van der Waals surface area contributed by atoms with Crippen molar-refractivity contribution in [1.82, 2.24) is 9.97 Å². The number of pyridine rings is 2. The standard InChI is InChI=1S/C22H13F4N3O/c23-17-9-3-13(4-10-17)18-11-5-14-6-12-19(28-20(14)27-18)29-21(30)15-1-7-16(8-2-15)22(24,25)26/h1-12H,(H,27,28,29,30). The Kier molecular flexibility index (Phi) is 4.91. The molecule has 4 aromatic rings. The van der Waals surface area contributed by atoms with Gasteiger partial charge in [0.05, 0.1) is 11.3 Å². The second-order valence-electron chi connectivity index (χ2n) is 6.48. The van der Waals surface area contributed by atoms with E-state index in [2.05, 4.69) is 15.3 Å². The van der Waals surface area contributed by atoms with Crippen LogP contribution in [0.2, 0.25) is 0 Å². The Morgan fingerprint density at radius 3 is 2.13 bits per heavy atom. The summed E-state index contributed by atoms with van der Waals surface area (Å²) in [5, 5.41) is 3.28. The van der Waals surface area contributed by atoms with Crippen molar-refractivity contribution in [3.05, 3.63) is 89.7 Å². The van der Waals surface area contributed by atoms with Crippen LogP contribution in [0.15, 0.2) is 72.8 Å². The molecule has 2 aromatic heterocycles. The molecule has 0 radical (unpaired) electrons. The maximum atomic E-state index is 13.1. The lowest BCUT2D eigenvalue weighted by atomic mass is 10.1. The van der Waals surface area contributed by atoms with E-state index in [0.29, 0.717) is 16.9 Å². The van der Waals surface area contributed by atoms with Crippen LogP contribution in [-0.2, 0) is 6.18 Å². The van der Waals surface area contributed by atoms with Gasteiger partial charge in [0, 0.05) is 16.5 Å². The molecule has 2 heterocycles. The van der Waals surface area contributed by atoms with Gasteiger partial charge >= 0.3 is 6.18 Å². The summed E-state index contributed by atoms with van der Waals surface area (Å²) in [7, 11) is 0. The predicted molar refractivity (Wildman–Crippen MR) is 104 cm³/mol. The molecule has 0 saturated heterocycles. The summed E-state index contributed by atoms with van der Waals surface area (Å²) in [4.78, 5) is 21.1. The van der Waals surface area contributed by atoms with Crippen molar-refractivity contribution >= 4 is 22.8 Å². The fourth-order valence-electron chi connectivity index (χ4n) is 2.85. The van der Waals surface area contributed by atoms with Crippen LogP contribution in [0, 0.1) is 5.82 Å². The molecule has 1 amide bonds.